The van der Waals surface area contributed by atoms with Crippen molar-refractivity contribution in [3.63, 3.8) is 0 Å². The van der Waals surface area contributed by atoms with Gasteiger partial charge in [-0.05, 0) is 53.6 Å². The number of carbonyl (C=O) groups excluding carboxylic acids is 3. The van der Waals surface area contributed by atoms with Crippen molar-refractivity contribution >= 4 is 40.7 Å². The molecule has 1 saturated heterocycles. The largest absolute Gasteiger partial charge is 0.352 e. The van der Waals surface area contributed by atoms with Gasteiger partial charge in [-0.25, -0.2) is 4.39 Å². The van der Waals surface area contributed by atoms with E-state index in [-0.39, 0.29) is 17.3 Å². The van der Waals surface area contributed by atoms with Crippen molar-refractivity contribution in [2.45, 2.75) is 18.0 Å². The van der Waals surface area contributed by atoms with E-state index in [0.717, 1.165) is 5.56 Å². The maximum Gasteiger partial charge on any atom is 0.185 e. The summed E-state index contributed by atoms with van der Waals surface area (Å²) in [5.41, 5.74) is 1.68. The number of anilines is 1. The number of rotatable bonds is 3. The highest BCUT2D eigenvalue weighted by molar-refractivity contribution is 6.32. The zero-order valence-corrected chi connectivity index (χ0v) is 21.3. The molecule has 3 atom stereocenters. The van der Waals surface area contributed by atoms with Gasteiger partial charge < -0.3 is 4.90 Å². The smallest absolute Gasteiger partial charge is 0.185 e. The predicted octanol–water partition coefficient (Wildman–Crippen LogP) is 6.80. The van der Waals surface area contributed by atoms with E-state index in [4.69, 9.17) is 11.6 Å². The van der Waals surface area contributed by atoms with Gasteiger partial charge in [0.1, 0.15) is 17.3 Å². The van der Waals surface area contributed by atoms with Gasteiger partial charge in [0.2, 0.25) is 0 Å². The van der Waals surface area contributed by atoms with Crippen molar-refractivity contribution in [2.75, 3.05) is 4.90 Å². The van der Waals surface area contributed by atoms with Crippen molar-refractivity contribution in [3.8, 4) is 0 Å². The number of Topliss-reactive ketones (excluding diaryl/α,β-unsaturated/α-hetero) is 3. The SMILES string of the molecule is O=C(c1ccc(F)cc1)[C@@H]1[C@H](c2ccccc2)C2(C(=O)c3ccccc3C2=O)[C@H]2C=Cc3cc(Cl)ccc3N12. The van der Waals surface area contributed by atoms with Crippen LogP contribution in [0.15, 0.2) is 103 Å². The molecule has 1 fully saturated rings. The fourth-order valence-corrected chi connectivity index (χ4v) is 6.95. The fraction of sp³-hybridized carbons (Fsp3) is 0.121. The molecule has 4 nitrogen and oxygen atoms in total. The Morgan fingerprint density at radius 1 is 0.821 bits per heavy atom. The molecule has 0 N–H and O–H groups in total. The normalized spacial score (nSPS) is 22.1. The molecule has 2 heterocycles. The number of hydrogen-bond acceptors (Lipinski definition) is 4. The summed E-state index contributed by atoms with van der Waals surface area (Å²) in [4.78, 5) is 45.4. The Kier molecular flexibility index (Phi) is 5.23. The van der Waals surface area contributed by atoms with Crippen LogP contribution in [0.5, 0.6) is 0 Å². The average Bonchev–Trinajstić information content (AvgIpc) is 3.39. The highest BCUT2D eigenvalue weighted by Gasteiger charge is 2.71. The Balaban J connectivity index is 1.54. The third-order valence-corrected chi connectivity index (χ3v) is 8.56. The van der Waals surface area contributed by atoms with Gasteiger partial charge in [-0.3, -0.25) is 14.4 Å². The van der Waals surface area contributed by atoms with Crippen molar-refractivity contribution < 1.29 is 18.8 Å². The molecule has 4 aromatic rings. The second-order valence-corrected chi connectivity index (χ2v) is 10.6. The molecule has 0 amide bonds. The van der Waals surface area contributed by atoms with E-state index in [1.54, 1.807) is 36.4 Å². The summed E-state index contributed by atoms with van der Waals surface area (Å²) in [5, 5.41) is 0.534. The quantitative estimate of drug-likeness (QED) is 0.215. The molecule has 190 valence electrons. The zero-order chi connectivity index (χ0) is 26.9. The van der Waals surface area contributed by atoms with Crippen LogP contribution in [-0.2, 0) is 0 Å². The Hall–Kier alpha value is -4.35. The summed E-state index contributed by atoms with van der Waals surface area (Å²) in [5.74, 6) is -2.13. The van der Waals surface area contributed by atoms with Crippen LogP contribution in [0.4, 0.5) is 10.1 Å². The van der Waals surface area contributed by atoms with Gasteiger partial charge in [0, 0.05) is 33.3 Å². The first-order valence-electron chi connectivity index (χ1n) is 12.7. The van der Waals surface area contributed by atoms with E-state index in [9.17, 15) is 18.8 Å². The molecular weight excluding hydrogens is 513 g/mol. The molecule has 3 aliphatic rings. The molecule has 0 saturated carbocycles. The molecule has 4 aromatic carbocycles. The standard InChI is InChI=1S/C33H21ClFNO3/c34-22-13-16-26-21(18-22)12-17-27-33(31(38)24-8-4-5-9-25(24)32(33)39)28(19-6-2-1-3-7-19)29(36(26)27)30(37)20-10-14-23(35)15-11-20/h1-18,27-29H/t27-,28+,29+/m1/s1. The number of fused-ring (bicyclic) bond motifs is 5. The number of nitrogens with zero attached hydrogens (tertiary/aromatic N) is 1. The maximum atomic E-state index is 14.5. The Labute approximate surface area is 229 Å². The van der Waals surface area contributed by atoms with Gasteiger partial charge in [0.15, 0.2) is 17.3 Å². The van der Waals surface area contributed by atoms with Crippen LogP contribution in [-0.4, -0.2) is 29.4 Å². The average molecular weight is 534 g/mol. The fourth-order valence-electron chi connectivity index (χ4n) is 6.77. The van der Waals surface area contributed by atoms with Crippen LogP contribution in [0, 0.1) is 11.2 Å². The van der Waals surface area contributed by atoms with E-state index in [2.05, 4.69) is 0 Å². The maximum absolute atomic E-state index is 14.5. The number of carbonyl (C=O) groups is 3. The van der Waals surface area contributed by atoms with Crippen LogP contribution in [0.2, 0.25) is 5.02 Å². The third kappa shape index (κ3) is 3.20. The molecular formula is C33H21ClFNO3. The van der Waals surface area contributed by atoms with E-state index in [0.29, 0.717) is 33.0 Å². The molecule has 0 bridgehead atoms. The van der Waals surface area contributed by atoms with Crippen molar-refractivity contribution in [1.29, 1.82) is 0 Å². The first-order valence-corrected chi connectivity index (χ1v) is 13.1. The molecule has 6 heteroatoms. The van der Waals surface area contributed by atoms with E-state index >= 15 is 0 Å². The number of halogens is 2. The summed E-state index contributed by atoms with van der Waals surface area (Å²) >= 11 is 6.32. The van der Waals surface area contributed by atoms with Gasteiger partial charge in [0.25, 0.3) is 0 Å². The summed E-state index contributed by atoms with van der Waals surface area (Å²) in [6, 6.07) is 25.3. The van der Waals surface area contributed by atoms with Gasteiger partial charge in [-0.15, -0.1) is 0 Å². The van der Waals surface area contributed by atoms with Crippen molar-refractivity contribution in [1.82, 2.24) is 0 Å². The van der Waals surface area contributed by atoms with Crippen LogP contribution < -0.4 is 4.90 Å². The predicted molar refractivity (Wildman–Crippen MR) is 148 cm³/mol. The molecule has 1 spiro atoms. The summed E-state index contributed by atoms with van der Waals surface area (Å²) < 4.78 is 13.8. The third-order valence-electron chi connectivity index (χ3n) is 8.32. The Morgan fingerprint density at radius 3 is 2.13 bits per heavy atom. The van der Waals surface area contributed by atoms with Gasteiger partial charge in [-0.1, -0.05) is 78.4 Å². The second kappa shape index (κ2) is 8.58. The topological polar surface area (TPSA) is 54.5 Å². The minimum Gasteiger partial charge on any atom is -0.352 e. The van der Waals surface area contributed by atoms with Crippen molar-refractivity contribution in [3.05, 3.63) is 142 Å². The molecule has 2 aliphatic heterocycles. The number of benzene rings is 4. The first kappa shape index (κ1) is 23.7. The van der Waals surface area contributed by atoms with Crippen molar-refractivity contribution in [2.24, 2.45) is 5.41 Å². The molecule has 39 heavy (non-hydrogen) atoms. The molecule has 7 rings (SSSR count). The van der Waals surface area contributed by atoms with Crippen LogP contribution in [0.25, 0.3) is 6.08 Å². The summed E-state index contributed by atoms with van der Waals surface area (Å²) in [6.45, 7) is 0. The molecule has 1 aliphatic carbocycles. The monoisotopic (exact) mass is 533 g/mol. The Morgan fingerprint density at radius 2 is 1.46 bits per heavy atom. The van der Waals surface area contributed by atoms with Crippen LogP contribution in [0.1, 0.15) is 48.1 Å². The van der Waals surface area contributed by atoms with E-state index < -0.39 is 29.2 Å². The van der Waals surface area contributed by atoms with Crippen LogP contribution in [0.3, 0.4) is 0 Å². The lowest BCUT2D eigenvalue weighted by molar-refractivity contribution is 0.0666. The molecule has 0 unspecified atom stereocenters. The minimum absolute atomic E-state index is 0.288. The first-order chi connectivity index (χ1) is 18.9. The van der Waals surface area contributed by atoms with Crippen LogP contribution >= 0.6 is 11.6 Å². The molecule has 0 aromatic heterocycles. The minimum atomic E-state index is -1.57. The van der Waals surface area contributed by atoms with Gasteiger partial charge in [-0.2, -0.15) is 0 Å². The summed E-state index contributed by atoms with van der Waals surface area (Å²) in [6.07, 6.45) is 3.73. The van der Waals surface area contributed by atoms with E-state index in [1.165, 1.54) is 24.3 Å². The lowest BCUT2D eigenvalue weighted by atomic mass is 9.64. The summed E-state index contributed by atoms with van der Waals surface area (Å²) in [7, 11) is 0. The lowest BCUT2D eigenvalue weighted by Crippen LogP contribution is -2.48. The lowest BCUT2D eigenvalue weighted by Gasteiger charge is -2.37. The van der Waals surface area contributed by atoms with E-state index in [1.807, 2.05) is 53.5 Å². The molecule has 0 radical (unpaired) electrons. The number of hydrogen-bond donors (Lipinski definition) is 0. The number of ketones is 3. The second-order valence-electron chi connectivity index (χ2n) is 10.2. The highest BCUT2D eigenvalue weighted by atomic mass is 35.5. The van der Waals surface area contributed by atoms with Gasteiger partial charge >= 0.3 is 0 Å². The Bertz CT molecular complexity index is 1680. The van der Waals surface area contributed by atoms with Gasteiger partial charge in [0.05, 0.1) is 6.04 Å². The zero-order valence-electron chi connectivity index (χ0n) is 20.6. The highest BCUT2D eigenvalue weighted by Crippen LogP contribution is 2.61.